The van der Waals surface area contributed by atoms with Crippen molar-refractivity contribution >= 4 is 5.69 Å². The van der Waals surface area contributed by atoms with Gasteiger partial charge in [-0.2, -0.15) is 0 Å². The molecular formula is C15H21F3N2O. The minimum Gasteiger partial charge on any atom is -0.406 e. The Balaban J connectivity index is 2.13. The lowest BCUT2D eigenvalue weighted by Crippen LogP contribution is -2.55. The Kier molecular flexibility index (Phi) is 4.98. The first-order valence-electron chi connectivity index (χ1n) is 7.25. The van der Waals surface area contributed by atoms with E-state index in [1.165, 1.54) is 12.1 Å². The highest BCUT2D eigenvalue weighted by Crippen LogP contribution is 2.28. The molecule has 0 bridgehead atoms. The Hall–Kier alpha value is -1.43. The van der Waals surface area contributed by atoms with E-state index in [0.717, 1.165) is 31.6 Å². The summed E-state index contributed by atoms with van der Waals surface area (Å²) >= 11 is 0. The van der Waals surface area contributed by atoms with Crippen molar-refractivity contribution in [2.24, 2.45) is 0 Å². The van der Waals surface area contributed by atoms with Crippen LogP contribution < -0.4 is 15.0 Å². The van der Waals surface area contributed by atoms with Crippen LogP contribution in [0.25, 0.3) is 0 Å². The van der Waals surface area contributed by atoms with Crippen LogP contribution in [0.5, 0.6) is 5.75 Å². The molecule has 118 valence electrons. The molecule has 3 nitrogen and oxygen atoms in total. The second-order valence-electron chi connectivity index (χ2n) is 5.44. The van der Waals surface area contributed by atoms with Crippen molar-refractivity contribution in [2.45, 2.75) is 45.1 Å². The van der Waals surface area contributed by atoms with Crippen LogP contribution in [0.4, 0.5) is 18.9 Å². The Morgan fingerprint density at radius 1 is 1.38 bits per heavy atom. The lowest BCUT2D eigenvalue weighted by molar-refractivity contribution is -0.274. The van der Waals surface area contributed by atoms with E-state index in [0.29, 0.717) is 6.04 Å². The third-order valence-corrected chi connectivity index (χ3v) is 3.67. The number of piperazine rings is 1. The average Bonchev–Trinajstić information content (AvgIpc) is 2.39. The fraction of sp³-hybridized carbons (Fsp3) is 0.600. The molecule has 1 saturated heterocycles. The van der Waals surface area contributed by atoms with Crippen molar-refractivity contribution in [2.75, 3.05) is 18.0 Å². The van der Waals surface area contributed by atoms with Crippen LogP contribution in [0.2, 0.25) is 0 Å². The molecule has 2 unspecified atom stereocenters. The molecule has 1 N–H and O–H groups in total. The molecule has 6 heteroatoms. The van der Waals surface area contributed by atoms with E-state index in [1.54, 1.807) is 6.07 Å². The van der Waals surface area contributed by atoms with Crippen LogP contribution in [0.1, 0.15) is 26.7 Å². The highest BCUT2D eigenvalue weighted by atomic mass is 19.4. The van der Waals surface area contributed by atoms with Crippen LogP contribution in [0.15, 0.2) is 24.3 Å². The van der Waals surface area contributed by atoms with Crippen LogP contribution in [0.3, 0.4) is 0 Å². The molecule has 21 heavy (non-hydrogen) atoms. The first-order chi connectivity index (χ1) is 9.89. The first-order valence-corrected chi connectivity index (χ1v) is 7.25. The number of ether oxygens (including phenoxy) is 1. The fourth-order valence-corrected chi connectivity index (χ4v) is 2.69. The average molecular weight is 302 g/mol. The van der Waals surface area contributed by atoms with Gasteiger partial charge in [0.25, 0.3) is 0 Å². The van der Waals surface area contributed by atoms with E-state index in [-0.39, 0.29) is 11.8 Å². The van der Waals surface area contributed by atoms with Gasteiger partial charge >= 0.3 is 6.36 Å². The second kappa shape index (κ2) is 6.56. The zero-order valence-electron chi connectivity index (χ0n) is 12.3. The van der Waals surface area contributed by atoms with Crippen molar-refractivity contribution in [3.63, 3.8) is 0 Å². The first kappa shape index (κ1) is 15.9. The molecule has 0 radical (unpaired) electrons. The molecule has 2 atom stereocenters. The van der Waals surface area contributed by atoms with E-state index in [1.807, 2.05) is 6.07 Å². The summed E-state index contributed by atoms with van der Waals surface area (Å²) in [5, 5.41) is 3.47. The summed E-state index contributed by atoms with van der Waals surface area (Å²) in [5.74, 6) is -0.169. The van der Waals surface area contributed by atoms with Gasteiger partial charge in [0.15, 0.2) is 0 Å². The summed E-state index contributed by atoms with van der Waals surface area (Å²) in [7, 11) is 0. The van der Waals surface area contributed by atoms with E-state index in [4.69, 9.17) is 0 Å². The number of nitrogens with zero attached hydrogens (tertiary/aromatic N) is 1. The Morgan fingerprint density at radius 2 is 2.14 bits per heavy atom. The van der Waals surface area contributed by atoms with Gasteiger partial charge in [-0.25, -0.2) is 0 Å². The molecule has 1 aromatic carbocycles. The van der Waals surface area contributed by atoms with Crippen molar-refractivity contribution in [3.05, 3.63) is 24.3 Å². The maximum atomic E-state index is 12.3. The number of benzene rings is 1. The van der Waals surface area contributed by atoms with Gasteiger partial charge < -0.3 is 15.0 Å². The summed E-state index contributed by atoms with van der Waals surface area (Å²) in [6, 6.07) is 6.82. The predicted molar refractivity (Wildman–Crippen MR) is 76.6 cm³/mol. The number of halogens is 3. The molecule has 0 spiro atoms. The quantitative estimate of drug-likeness (QED) is 0.920. The van der Waals surface area contributed by atoms with Crippen LogP contribution in [-0.2, 0) is 0 Å². The summed E-state index contributed by atoms with van der Waals surface area (Å²) in [6.07, 6.45) is -2.52. The van der Waals surface area contributed by atoms with Gasteiger partial charge in [-0.3, -0.25) is 0 Å². The third kappa shape index (κ3) is 4.52. The van der Waals surface area contributed by atoms with Gasteiger partial charge in [-0.05, 0) is 25.5 Å². The molecular weight excluding hydrogens is 281 g/mol. The van der Waals surface area contributed by atoms with Crippen molar-refractivity contribution in [3.8, 4) is 5.75 Å². The highest BCUT2D eigenvalue weighted by Gasteiger charge is 2.31. The van der Waals surface area contributed by atoms with E-state index in [2.05, 4.69) is 28.8 Å². The number of rotatable bonds is 4. The monoisotopic (exact) mass is 302 g/mol. The van der Waals surface area contributed by atoms with E-state index in [9.17, 15) is 13.2 Å². The molecule has 1 aromatic rings. The lowest BCUT2D eigenvalue weighted by Gasteiger charge is -2.40. The molecule has 1 aliphatic rings. The normalized spacial score (nSPS) is 23.2. The molecule has 0 aliphatic carbocycles. The third-order valence-electron chi connectivity index (χ3n) is 3.67. The van der Waals surface area contributed by atoms with Gasteiger partial charge in [0.2, 0.25) is 0 Å². The van der Waals surface area contributed by atoms with Gasteiger partial charge in [-0.15, -0.1) is 13.2 Å². The van der Waals surface area contributed by atoms with E-state index >= 15 is 0 Å². The molecule has 1 aliphatic heterocycles. The summed E-state index contributed by atoms with van der Waals surface area (Å²) in [6.45, 7) is 5.81. The number of anilines is 1. The summed E-state index contributed by atoms with van der Waals surface area (Å²) in [5.41, 5.74) is 0.770. The Morgan fingerprint density at radius 3 is 2.81 bits per heavy atom. The largest absolute Gasteiger partial charge is 0.573 e. The number of nitrogens with one attached hydrogen (secondary N) is 1. The smallest absolute Gasteiger partial charge is 0.406 e. The van der Waals surface area contributed by atoms with Crippen LogP contribution in [-0.4, -0.2) is 31.5 Å². The van der Waals surface area contributed by atoms with Gasteiger partial charge in [0, 0.05) is 36.9 Å². The molecule has 0 amide bonds. The van der Waals surface area contributed by atoms with Gasteiger partial charge in [0.05, 0.1) is 0 Å². The van der Waals surface area contributed by atoms with E-state index < -0.39 is 6.36 Å². The van der Waals surface area contributed by atoms with Crippen LogP contribution >= 0.6 is 0 Å². The van der Waals surface area contributed by atoms with Crippen LogP contribution in [0, 0.1) is 0 Å². The second-order valence-corrected chi connectivity index (χ2v) is 5.44. The van der Waals surface area contributed by atoms with Crippen molar-refractivity contribution < 1.29 is 17.9 Å². The zero-order chi connectivity index (χ0) is 15.5. The Bertz CT molecular complexity index is 464. The van der Waals surface area contributed by atoms with Crippen molar-refractivity contribution in [1.82, 2.24) is 5.32 Å². The highest BCUT2D eigenvalue weighted by molar-refractivity contribution is 5.52. The molecule has 1 fully saturated rings. The maximum Gasteiger partial charge on any atom is 0.573 e. The predicted octanol–water partition coefficient (Wildman–Crippen LogP) is 3.55. The minimum absolute atomic E-state index is 0.169. The SMILES string of the molecule is CCCC1CN(c2cccc(OC(F)(F)F)c2)C(C)CN1. The number of hydrogen-bond acceptors (Lipinski definition) is 3. The lowest BCUT2D eigenvalue weighted by atomic mass is 10.0. The number of hydrogen-bond donors (Lipinski definition) is 1. The number of alkyl halides is 3. The van der Waals surface area contributed by atoms with Gasteiger partial charge in [0.1, 0.15) is 5.75 Å². The fourth-order valence-electron chi connectivity index (χ4n) is 2.69. The zero-order valence-corrected chi connectivity index (χ0v) is 12.3. The molecule has 2 rings (SSSR count). The summed E-state index contributed by atoms with van der Waals surface area (Å²) < 4.78 is 40.9. The topological polar surface area (TPSA) is 24.5 Å². The maximum absolute atomic E-state index is 12.3. The summed E-state index contributed by atoms with van der Waals surface area (Å²) in [4.78, 5) is 2.14. The molecule has 1 heterocycles. The Labute approximate surface area is 123 Å². The van der Waals surface area contributed by atoms with Gasteiger partial charge in [-0.1, -0.05) is 19.4 Å². The minimum atomic E-state index is -4.65. The molecule has 0 saturated carbocycles. The van der Waals surface area contributed by atoms with Crippen molar-refractivity contribution in [1.29, 1.82) is 0 Å². The molecule has 0 aromatic heterocycles. The standard InChI is InChI=1S/C15H21F3N2O/c1-3-5-12-10-20(11(2)9-19-12)13-6-4-7-14(8-13)21-15(16,17)18/h4,6-8,11-12,19H,3,5,9-10H2,1-2H3.